The number of piperidine rings is 1. The molecule has 0 atom stereocenters. The average Bonchev–Trinajstić information content (AvgIpc) is 3.01. The molecule has 23 heavy (non-hydrogen) atoms. The Bertz CT molecular complexity index is 664. The van der Waals surface area contributed by atoms with Crippen LogP contribution in [0.3, 0.4) is 0 Å². The summed E-state index contributed by atoms with van der Waals surface area (Å²) in [5, 5.41) is 6.88. The fourth-order valence-corrected chi connectivity index (χ4v) is 3.51. The molecule has 0 saturated carbocycles. The highest BCUT2D eigenvalue weighted by Crippen LogP contribution is 2.16. The van der Waals surface area contributed by atoms with E-state index in [0.717, 1.165) is 18.1 Å². The fourth-order valence-electron chi connectivity index (χ4n) is 2.94. The van der Waals surface area contributed by atoms with Crippen molar-refractivity contribution in [2.75, 3.05) is 13.1 Å². The molecule has 0 radical (unpaired) electrons. The number of amides is 1. The Balaban J connectivity index is 1.63. The number of carbonyl (C=O) groups is 1. The number of nitrogens with one attached hydrogen (secondary N) is 1. The Kier molecular flexibility index (Phi) is 5.35. The summed E-state index contributed by atoms with van der Waals surface area (Å²) in [6.07, 6.45) is 3.92. The highest BCUT2D eigenvalue weighted by Gasteiger charge is 2.15. The molecule has 1 aliphatic heterocycles. The van der Waals surface area contributed by atoms with Crippen molar-refractivity contribution in [1.82, 2.24) is 19.8 Å². The lowest BCUT2D eigenvalue weighted by Crippen LogP contribution is -2.30. The summed E-state index contributed by atoms with van der Waals surface area (Å²) in [5.74, 6) is -0.0923. The number of benzene rings is 1. The van der Waals surface area contributed by atoms with Crippen molar-refractivity contribution in [1.29, 1.82) is 0 Å². The van der Waals surface area contributed by atoms with E-state index in [-0.39, 0.29) is 5.91 Å². The van der Waals surface area contributed by atoms with Gasteiger partial charge in [-0.05, 0) is 55.5 Å². The number of rotatable bonds is 5. The maximum atomic E-state index is 12.2. The largest absolute Gasteiger partial charge is 0.347 e. The van der Waals surface area contributed by atoms with Gasteiger partial charge in [-0.15, -0.1) is 5.10 Å². The zero-order chi connectivity index (χ0) is 16.1. The topological polar surface area (TPSA) is 58.1 Å². The van der Waals surface area contributed by atoms with E-state index >= 15 is 0 Å². The minimum atomic E-state index is -0.0923. The van der Waals surface area contributed by atoms with Crippen molar-refractivity contribution in [3.63, 3.8) is 0 Å². The van der Waals surface area contributed by atoms with Gasteiger partial charge in [-0.2, -0.15) is 0 Å². The van der Waals surface area contributed by atoms with Crippen LogP contribution in [0, 0.1) is 6.92 Å². The highest BCUT2D eigenvalue weighted by molar-refractivity contribution is 7.07. The number of hydrogen-bond acceptors (Lipinski definition) is 5. The molecular formula is C17H22N4OS. The SMILES string of the molecule is Cc1nnsc1C(=O)NCc1ccccc1CN1CCCCC1. The van der Waals surface area contributed by atoms with Crippen LogP contribution in [0.2, 0.25) is 0 Å². The second kappa shape index (κ2) is 7.66. The highest BCUT2D eigenvalue weighted by atomic mass is 32.1. The van der Waals surface area contributed by atoms with E-state index in [1.165, 1.54) is 43.5 Å². The van der Waals surface area contributed by atoms with Crippen LogP contribution >= 0.6 is 11.5 Å². The molecule has 3 rings (SSSR count). The second-order valence-corrected chi connectivity index (χ2v) is 6.73. The number of hydrogen-bond donors (Lipinski definition) is 1. The van der Waals surface area contributed by atoms with Gasteiger partial charge in [0.05, 0.1) is 5.69 Å². The van der Waals surface area contributed by atoms with E-state index in [9.17, 15) is 4.79 Å². The monoisotopic (exact) mass is 330 g/mol. The van der Waals surface area contributed by atoms with Crippen LogP contribution in [0.25, 0.3) is 0 Å². The Hall–Kier alpha value is -1.79. The molecule has 0 bridgehead atoms. The van der Waals surface area contributed by atoms with Gasteiger partial charge in [-0.25, -0.2) is 0 Å². The predicted molar refractivity (Wildman–Crippen MR) is 91.4 cm³/mol. The van der Waals surface area contributed by atoms with E-state index in [4.69, 9.17) is 0 Å². The smallest absolute Gasteiger partial charge is 0.265 e. The molecule has 1 aromatic carbocycles. The molecule has 1 amide bonds. The van der Waals surface area contributed by atoms with Crippen molar-refractivity contribution < 1.29 is 4.79 Å². The van der Waals surface area contributed by atoms with Crippen LogP contribution in [0.4, 0.5) is 0 Å². The lowest BCUT2D eigenvalue weighted by molar-refractivity contribution is 0.0954. The molecule has 2 heterocycles. The number of aromatic nitrogens is 2. The average molecular weight is 330 g/mol. The van der Waals surface area contributed by atoms with Gasteiger partial charge in [-0.3, -0.25) is 9.69 Å². The molecule has 1 N–H and O–H groups in total. The summed E-state index contributed by atoms with van der Waals surface area (Å²) in [6, 6.07) is 8.36. The second-order valence-electron chi connectivity index (χ2n) is 5.98. The number of nitrogens with zero attached hydrogens (tertiary/aromatic N) is 3. The zero-order valence-electron chi connectivity index (χ0n) is 13.4. The maximum absolute atomic E-state index is 12.2. The van der Waals surface area contributed by atoms with Gasteiger partial charge in [0.2, 0.25) is 0 Å². The Labute approximate surface area is 140 Å². The lowest BCUT2D eigenvalue weighted by atomic mass is 10.0. The van der Waals surface area contributed by atoms with Gasteiger partial charge < -0.3 is 5.32 Å². The van der Waals surface area contributed by atoms with E-state index in [1.54, 1.807) is 0 Å². The van der Waals surface area contributed by atoms with Crippen LogP contribution in [-0.2, 0) is 13.1 Å². The quantitative estimate of drug-likeness (QED) is 0.916. The van der Waals surface area contributed by atoms with Gasteiger partial charge >= 0.3 is 0 Å². The van der Waals surface area contributed by atoms with Crippen molar-refractivity contribution >= 4 is 17.4 Å². The van der Waals surface area contributed by atoms with Gasteiger partial charge in [0.1, 0.15) is 4.88 Å². The first kappa shape index (κ1) is 16.1. The third kappa shape index (κ3) is 4.14. The summed E-state index contributed by atoms with van der Waals surface area (Å²) in [4.78, 5) is 15.3. The van der Waals surface area contributed by atoms with Crippen molar-refractivity contribution in [2.24, 2.45) is 0 Å². The fraction of sp³-hybridized carbons (Fsp3) is 0.471. The molecule has 0 aliphatic carbocycles. The normalized spacial score (nSPS) is 15.5. The summed E-state index contributed by atoms with van der Waals surface area (Å²) < 4.78 is 3.82. The molecule has 6 heteroatoms. The van der Waals surface area contributed by atoms with Crippen LogP contribution in [0.1, 0.15) is 45.8 Å². The van der Waals surface area contributed by atoms with Gasteiger partial charge in [-0.1, -0.05) is 35.2 Å². The van der Waals surface area contributed by atoms with E-state index < -0.39 is 0 Å². The van der Waals surface area contributed by atoms with Gasteiger partial charge in [0.15, 0.2) is 0 Å². The molecule has 1 saturated heterocycles. The molecule has 1 aliphatic rings. The first-order chi connectivity index (χ1) is 11.2. The third-order valence-corrected chi connectivity index (χ3v) is 5.08. The Morgan fingerprint density at radius 1 is 1.22 bits per heavy atom. The minimum absolute atomic E-state index is 0.0923. The zero-order valence-corrected chi connectivity index (χ0v) is 14.2. The standard InChI is InChI=1S/C17H22N4OS/c1-13-16(23-20-19-13)17(22)18-11-14-7-3-4-8-15(14)12-21-9-5-2-6-10-21/h3-4,7-8H,2,5-6,9-12H2,1H3,(H,18,22). The lowest BCUT2D eigenvalue weighted by Gasteiger charge is -2.27. The van der Waals surface area contributed by atoms with Crippen molar-refractivity contribution in [2.45, 2.75) is 39.3 Å². The van der Waals surface area contributed by atoms with Crippen LogP contribution in [0.15, 0.2) is 24.3 Å². The molecule has 0 unspecified atom stereocenters. The molecule has 122 valence electrons. The summed E-state index contributed by atoms with van der Waals surface area (Å²) >= 11 is 1.14. The summed E-state index contributed by atoms with van der Waals surface area (Å²) in [5.41, 5.74) is 3.17. The summed E-state index contributed by atoms with van der Waals surface area (Å²) in [7, 11) is 0. The van der Waals surface area contributed by atoms with E-state index in [0.29, 0.717) is 17.1 Å². The van der Waals surface area contributed by atoms with Crippen LogP contribution < -0.4 is 5.32 Å². The maximum Gasteiger partial charge on any atom is 0.265 e. The molecule has 2 aromatic rings. The van der Waals surface area contributed by atoms with Crippen molar-refractivity contribution in [3.05, 3.63) is 46.0 Å². The molecular weight excluding hydrogens is 308 g/mol. The number of carbonyl (C=O) groups excluding carboxylic acids is 1. The first-order valence-corrected chi connectivity index (χ1v) is 8.87. The van der Waals surface area contributed by atoms with Gasteiger partial charge in [0, 0.05) is 13.1 Å². The van der Waals surface area contributed by atoms with Crippen LogP contribution in [0.5, 0.6) is 0 Å². The first-order valence-electron chi connectivity index (χ1n) is 8.10. The van der Waals surface area contributed by atoms with Crippen LogP contribution in [-0.4, -0.2) is 33.5 Å². The molecule has 0 spiro atoms. The van der Waals surface area contributed by atoms with E-state index in [2.05, 4.69) is 38.0 Å². The number of aryl methyl sites for hydroxylation is 1. The molecule has 1 fully saturated rings. The Morgan fingerprint density at radius 3 is 2.65 bits per heavy atom. The van der Waals surface area contributed by atoms with Gasteiger partial charge in [0.25, 0.3) is 5.91 Å². The minimum Gasteiger partial charge on any atom is -0.347 e. The Morgan fingerprint density at radius 2 is 1.96 bits per heavy atom. The third-order valence-electron chi connectivity index (χ3n) is 4.26. The van der Waals surface area contributed by atoms with E-state index in [1.807, 2.05) is 13.0 Å². The number of likely N-dealkylation sites (tertiary alicyclic amines) is 1. The summed E-state index contributed by atoms with van der Waals surface area (Å²) in [6.45, 7) is 5.66. The molecule has 1 aromatic heterocycles. The van der Waals surface area contributed by atoms with Crippen molar-refractivity contribution in [3.8, 4) is 0 Å². The predicted octanol–water partition coefficient (Wildman–Crippen LogP) is 2.76. The molecule has 5 nitrogen and oxygen atoms in total.